The van der Waals surface area contributed by atoms with Crippen molar-refractivity contribution in [1.82, 2.24) is 5.32 Å². The zero-order valence-corrected chi connectivity index (χ0v) is 5.67. The van der Waals surface area contributed by atoms with E-state index in [2.05, 4.69) is 5.32 Å². The van der Waals surface area contributed by atoms with E-state index in [1.54, 1.807) is 0 Å². The van der Waals surface area contributed by atoms with Crippen LogP contribution in [0.2, 0.25) is 0 Å². The maximum absolute atomic E-state index is 10.1. The maximum atomic E-state index is 10.1. The van der Waals surface area contributed by atoms with Gasteiger partial charge in [-0.3, -0.25) is 0 Å². The fourth-order valence-corrected chi connectivity index (χ4v) is 1.03. The fraction of sp³-hybridized carbons (Fsp3) is 0.833. The van der Waals surface area contributed by atoms with Crippen molar-refractivity contribution >= 4 is 6.09 Å². The van der Waals surface area contributed by atoms with E-state index >= 15 is 0 Å². The monoisotopic (exact) mass is 145 g/mol. The second-order valence-corrected chi connectivity index (χ2v) is 2.36. The van der Waals surface area contributed by atoms with Crippen LogP contribution < -0.4 is 5.32 Å². The standard InChI is InChI=1S/C6H11NO3/c8-6(9)7-5-2-1-3-10-4-5/h5,7H,1-4H2,(H,8,9)/t5-/m1/s1. The lowest BCUT2D eigenvalue weighted by molar-refractivity contribution is 0.0696. The normalized spacial score (nSPS) is 25.8. The summed E-state index contributed by atoms with van der Waals surface area (Å²) >= 11 is 0. The number of hydrogen-bond donors (Lipinski definition) is 2. The summed E-state index contributed by atoms with van der Waals surface area (Å²) in [4.78, 5) is 10.1. The Morgan fingerprint density at radius 1 is 1.70 bits per heavy atom. The Labute approximate surface area is 59.2 Å². The van der Waals surface area contributed by atoms with Gasteiger partial charge >= 0.3 is 6.09 Å². The summed E-state index contributed by atoms with van der Waals surface area (Å²) in [6.45, 7) is 1.28. The summed E-state index contributed by atoms with van der Waals surface area (Å²) in [6, 6.07) is 0.00579. The molecule has 1 amide bonds. The topological polar surface area (TPSA) is 58.6 Å². The fourth-order valence-electron chi connectivity index (χ4n) is 1.03. The van der Waals surface area contributed by atoms with E-state index in [0.717, 1.165) is 19.4 Å². The van der Waals surface area contributed by atoms with Gasteiger partial charge in [-0.25, -0.2) is 4.79 Å². The lowest BCUT2D eigenvalue weighted by atomic mass is 10.1. The summed E-state index contributed by atoms with van der Waals surface area (Å²) in [5, 5.41) is 10.7. The highest BCUT2D eigenvalue weighted by Crippen LogP contribution is 2.04. The van der Waals surface area contributed by atoms with Crippen LogP contribution in [0.25, 0.3) is 0 Å². The van der Waals surface area contributed by atoms with Gasteiger partial charge in [-0.15, -0.1) is 0 Å². The van der Waals surface area contributed by atoms with Gasteiger partial charge in [0.2, 0.25) is 0 Å². The molecule has 1 rings (SSSR count). The van der Waals surface area contributed by atoms with Gasteiger partial charge in [0.15, 0.2) is 0 Å². The number of hydrogen-bond acceptors (Lipinski definition) is 2. The molecule has 10 heavy (non-hydrogen) atoms. The predicted octanol–water partition coefficient (Wildman–Crippen LogP) is 0.433. The summed E-state index contributed by atoms with van der Waals surface area (Å²) < 4.78 is 5.06. The molecule has 4 heteroatoms. The van der Waals surface area contributed by atoms with Crippen molar-refractivity contribution in [2.75, 3.05) is 13.2 Å². The summed E-state index contributed by atoms with van der Waals surface area (Å²) in [7, 11) is 0. The van der Waals surface area contributed by atoms with Crippen molar-refractivity contribution in [3.63, 3.8) is 0 Å². The quantitative estimate of drug-likeness (QED) is 0.562. The largest absolute Gasteiger partial charge is 0.465 e. The number of nitrogens with one attached hydrogen (secondary N) is 1. The summed E-state index contributed by atoms with van der Waals surface area (Å²) in [6.07, 6.45) is 0.882. The highest BCUT2D eigenvalue weighted by Gasteiger charge is 2.14. The van der Waals surface area contributed by atoms with E-state index < -0.39 is 6.09 Å². The first-order chi connectivity index (χ1) is 4.79. The minimum absolute atomic E-state index is 0.00579. The molecule has 0 aromatic heterocycles. The van der Waals surface area contributed by atoms with E-state index in [0.29, 0.717) is 6.61 Å². The third-order valence-corrected chi connectivity index (χ3v) is 1.49. The van der Waals surface area contributed by atoms with E-state index in [1.165, 1.54) is 0 Å². The molecule has 0 aromatic rings. The number of carbonyl (C=O) groups is 1. The van der Waals surface area contributed by atoms with Crippen LogP contribution >= 0.6 is 0 Å². The Bertz CT molecular complexity index is 120. The molecule has 0 radical (unpaired) electrons. The van der Waals surface area contributed by atoms with E-state index in [9.17, 15) is 4.79 Å². The van der Waals surface area contributed by atoms with Crippen LogP contribution in [0.15, 0.2) is 0 Å². The molecule has 0 aliphatic carbocycles. The Hall–Kier alpha value is -0.770. The first-order valence-corrected chi connectivity index (χ1v) is 3.36. The molecule has 0 unspecified atom stereocenters. The van der Waals surface area contributed by atoms with Crippen molar-refractivity contribution in [2.45, 2.75) is 18.9 Å². The number of rotatable bonds is 1. The molecule has 1 fully saturated rings. The Kier molecular flexibility index (Phi) is 2.50. The van der Waals surface area contributed by atoms with Gasteiger partial charge in [0.1, 0.15) is 0 Å². The van der Waals surface area contributed by atoms with Crippen molar-refractivity contribution in [1.29, 1.82) is 0 Å². The third-order valence-electron chi connectivity index (χ3n) is 1.49. The van der Waals surface area contributed by atoms with Crippen molar-refractivity contribution < 1.29 is 14.6 Å². The minimum atomic E-state index is -0.962. The first-order valence-electron chi connectivity index (χ1n) is 3.36. The van der Waals surface area contributed by atoms with Gasteiger partial charge in [-0.2, -0.15) is 0 Å². The van der Waals surface area contributed by atoms with Crippen LogP contribution in [-0.2, 0) is 4.74 Å². The van der Waals surface area contributed by atoms with Crippen LogP contribution in [0, 0.1) is 0 Å². The van der Waals surface area contributed by atoms with Crippen molar-refractivity contribution in [2.24, 2.45) is 0 Å². The average molecular weight is 145 g/mol. The molecule has 4 nitrogen and oxygen atoms in total. The van der Waals surface area contributed by atoms with Gasteiger partial charge in [0.25, 0.3) is 0 Å². The lowest BCUT2D eigenvalue weighted by Crippen LogP contribution is -2.39. The number of amides is 1. The van der Waals surface area contributed by atoms with Crippen LogP contribution in [0.4, 0.5) is 4.79 Å². The third kappa shape index (κ3) is 2.23. The Morgan fingerprint density at radius 2 is 2.50 bits per heavy atom. The highest BCUT2D eigenvalue weighted by atomic mass is 16.5. The molecule has 0 bridgehead atoms. The molecule has 1 aliphatic heterocycles. The predicted molar refractivity (Wildman–Crippen MR) is 35.0 cm³/mol. The van der Waals surface area contributed by atoms with Crippen LogP contribution in [0.1, 0.15) is 12.8 Å². The highest BCUT2D eigenvalue weighted by molar-refractivity contribution is 5.64. The SMILES string of the molecule is O=C(O)N[C@@H]1CCCOC1. The molecule has 1 heterocycles. The summed E-state index contributed by atoms with van der Waals surface area (Å²) in [5.41, 5.74) is 0. The van der Waals surface area contributed by atoms with E-state index in [-0.39, 0.29) is 6.04 Å². The number of ether oxygens (including phenoxy) is 1. The Morgan fingerprint density at radius 3 is 3.00 bits per heavy atom. The first kappa shape index (κ1) is 7.34. The smallest absolute Gasteiger partial charge is 0.404 e. The van der Waals surface area contributed by atoms with Gasteiger partial charge < -0.3 is 15.2 Å². The number of carboxylic acid groups (broad SMARTS) is 1. The molecule has 0 spiro atoms. The molecule has 0 aromatic carbocycles. The molecule has 2 N–H and O–H groups in total. The maximum Gasteiger partial charge on any atom is 0.404 e. The molecule has 1 atom stereocenters. The van der Waals surface area contributed by atoms with Gasteiger partial charge in [-0.1, -0.05) is 0 Å². The van der Waals surface area contributed by atoms with Crippen molar-refractivity contribution in [3.05, 3.63) is 0 Å². The van der Waals surface area contributed by atoms with Gasteiger partial charge in [0, 0.05) is 6.61 Å². The van der Waals surface area contributed by atoms with Gasteiger partial charge in [-0.05, 0) is 12.8 Å². The van der Waals surface area contributed by atoms with E-state index in [1.807, 2.05) is 0 Å². The van der Waals surface area contributed by atoms with Crippen LogP contribution in [0.3, 0.4) is 0 Å². The molecule has 1 saturated heterocycles. The molecular weight excluding hydrogens is 134 g/mol. The minimum Gasteiger partial charge on any atom is -0.465 e. The van der Waals surface area contributed by atoms with E-state index in [4.69, 9.17) is 9.84 Å². The molecule has 1 aliphatic rings. The molecule has 58 valence electrons. The lowest BCUT2D eigenvalue weighted by Gasteiger charge is -2.21. The molecular formula is C6H11NO3. The molecule has 0 saturated carbocycles. The van der Waals surface area contributed by atoms with Crippen molar-refractivity contribution in [3.8, 4) is 0 Å². The second kappa shape index (κ2) is 3.41. The zero-order valence-electron chi connectivity index (χ0n) is 5.67. The van der Waals surface area contributed by atoms with Crippen LogP contribution in [-0.4, -0.2) is 30.5 Å². The van der Waals surface area contributed by atoms with Crippen LogP contribution in [0.5, 0.6) is 0 Å². The zero-order chi connectivity index (χ0) is 7.40. The summed E-state index contributed by atoms with van der Waals surface area (Å²) in [5.74, 6) is 0. The Balaban J connectivity index is 2.19. The average Bonchev–Trinajstić information content (AvgIpc) is 1.88. The van der Waals surface area contributed by atoms with Gasteiger partial charge in [0.05, 0.1) is 12.6 Å². The second-order valence-electron chi connectivity index (χ2n) is 2.36.